The van der Waals surface area contributed by atoms with Gasteiger partial charge in [0.2, 0.25) is 0 Å². The number of benzene rings is 2. The minimum Gasteiger partial charge on any atom is -0.204 e. The van der Waals surface area contributed by atoms with Crippen LogP contribution in [0.2, 0.25) is 0 Å². The van der Waals surface area contributed by atoms with Crippen molar-refractivity contribution in [1.82, 2.24) is 0 Å². The maximum atomic E-state index is 14.6. The standard InChI is InChI=1S/C27H34F4/c1-3-5-6-8-18-9-11-21(12-10-18)23-15-20(17-25(29)27(23)31)13-19-14-22(7-4-2)26(30)24(28)16-19/h14-18,21H,3-13H2,1-2H3. The van der Waals surface area contributed by atoms with Crippen molar-refractivity contribution in [3.05, 3.63) is 69.8 Å². The molecule has 0 spiro atoms. The van der Waals surface area contributed by atoms with E-state index in [2.05, 4.69) is 6.92 Å². The molecule has 3 rings (SSSR count). The lowest BCUT2D eigenvalue weighted by Crippen LogP contribution is -2.15. The van der Waals surface area contributed by atoms with E-state index in [4.69, 9.17) is 0 Å². The minimum atomic E-state index is -0.884. The predicted molar refractivity (Wildman–Crippen MR) is 118 cm³/mol. The summed E-state index contributed by atoms with van der Waals surface area (Å²) in [7, 11) is 0. The third-order valence-electron chi connectivity index (χ3n) is 6.71. The molecule has 1 aliphatic carbocycles. The minimum absolute atomic E-state index is 0.0254. The van der Waals surface area contributed by atoms with E-state index in [0.717, 1.165) is 31.7 Å². The van der Waals surface area contributed by atoms with Crippen molar-refractivity contribution in [2.24, 2.45) is 5.92 Å². The molecule has 1 aliphatic rings. The average molecular weight is 435 g/mol. The molecule has 2 aromatic rings. The molecule has 0 unspecified atom stereocenters. The van der Waals surface area contributed by atoms with Gasteiger partial charge in [0, 0.05) is 0 Å². The van der Waals surface area contributed by atoms with Crippen LogP contribution in [0, 0.1) is 29.2 Å². The summed E-state index contributed by atoms with van der Waals surface area (Å²) in [5, 5.41) is 0. The topological polar surface area (TPSA) is 0 Å². The molecule has 0 nitrogen and oxygen atoms in total. The Kier molecular flexibility index (Phi) is 8.57. The highest BCUT2D eigenvalue weighted by Gasteiger charge is 2.26. The van der Waals surface area contributed by atoms with Crippen molar-refractivity contribution < 1.29 is 17.6 Å². The molecule has 0 saturated heterocycles. The Hall–Kier alpha value is -1.84. The van der Waals surface area contributed by atoms with Gasteiger partial charge in [-0.15, -0.1) is 0 Å². The van der Waals surface area contributed by atoms with Crippen LogP contribution in [0.3, 0.4) is 0 Å². The molecule has 0 bridgehead atoms. The van der Waals surface area contributed by atoms with E-state index in [0.29, 0.717) is 41.0 Å². The van der Waals surface area contributed by atoms with Crippen LogP contribution in [0.5, 0.6) is 0 Å². The van der Waals surface area contributed by atoms with Gasteiger partial charge in [0.25, 0.3) is 0 Å². The Morgan fingerprint density at radius 1 is 0.742 bits per heavy atom. The lowest BCUT2D eigenvalue weighted by molar-refractivity contribution is 0.297. The lowest BCUT2D eigenvalue weighted by Gasteiger charge is -2.29. The maximum absolute atomic E-state index is 14.6. The molecule has 0 aliphatic heterocycles. The molecule has 0 N–H and O–H groups in total. The van der Waals surface area contributed by atoms with Gasteiger partial charge < -0.3 is 0 Å². The van der Waals surface area contributed by atoms with E-state index < -0.39 is 23.3 Å². The molecule has 1 fully saturated rings. The maximum Gasteiger partial charge on any atom is 0.162 e. The first kappa shape index (κ1) is 23.8. The molecular weight excluding hydrogens is 400 g/mol. The summed E-state index contributed by atoms with van der Waals surface area (Å²) in [4.78, 5) is 0. The van der Waals surface area contributed by atoms with Gasteiger partial charge in [-0.2, -0.15) is 0 Å². The highest BCUT2D eigenvalue weighted by atomic mass is 19.2. The van der Waals surface area contributed by atoms with Gasteiger partial charge in [-0.1, -0.05) is 58.1 Å². The fraction of sp³-hybridized carbons (Fsp3) is 0.556. The molecular formula is C27H34F4. The number of hydrogen-bond donors (Lipinski definition) is 0. The number of unbranched alkanes of at least 4 members (excludes halogenated alkanes) is 2. The fourth-order valence-corrected chi connectivity index (χ4v) is 5.01. The van der Waals surface area contributed by atoms with Crippen LogP contribution < -0.4 is 0 Å². The van der Waals surface area contributed by atoms with E-state index in [9.17, 15) is 17.6 Å². The van der Waals surface area contributed by atoms with Gasteiger partial charge in [0.05, 0.1) is 0 Å². The summed E-state index contributed by atoms with van der Waals surface area (Å²) >= 11 is 0. The van der Waals surface area contributed by atoms with Crippen LogP contribution in [-0.2, 0) is 12.8 Å². The van der Waals surface area contributed by atoms with Gasteiger partial charge >= 0.3 is 0 Å². The molecule has 0 atom stereocenters. The van der Waals surface area contributed by atoms with E-state index in [-0.39, 0.29) is 12.3 Å². The van der Waals surface area contributed by atoms with Gasteiger partial charge in [-0.25, -0.2) is 17.6 Å². The number of halogens is 4. The quantitative estimate of drug-likeness (QED) is 0.274. The largest absolute Gasteiger partial charge is 0.204 e. The predicted octanol–water partition coefficient (Wildman–Crippen LogP) is 8.64. The Bertz CT molecular complexity index is 866. The first-order valence-corrected chi connectivity index (χ1v) is 11.9. The number of hydrogen-bond acceptors (Lipinski definition) is 0. The van der Waals surface area contributed by atoms with Gasteiger partial charge in [-0.3, -0.25) is 0 Å². The summed E-state index contributed by atoms with van der Waals surface area (Å²) in [6, 6.07) is 5.73. The Labute approximate surface area is 184 Å². The van der Waals surface area contributed by atoms with Gasteiger partial charge in [0.1, 0.15) is 0 Å². The van der Waals surface area contributed by atoms with Crippen LogP contribution >= 0.6 is 0 Å². The second-order valence-corrected chi connectivity index (χ2v) is 9.17. The van der Waals surface area contributed by atoms with E-state index in [1.807, 2.05) is 6.92 Å². The average Bonchev–Trinajstić information content (AvgIpc) is 2.75. The zero-order valence-electron chi connectivity index (χ0n) is 18.8. The van der Waals surface area contributed by atoms with Crippen LogP contribution in [0.4, 0.5) is 17.6 Å². The fourth-order valence-electron chi connectivity index (χ4n) is 5.01. The van der Waals surface area contributed by atoms with Crippen LogP contribution in [0.1, 0.15) is 99.8 Å². The first-order valence-electron chi connectivity index (χ1n) is 11.9. The van der Waals surface area contributed by atoms with Crippen molar-refractivity contribution in [3.8, 4) is 0 Å². The number of rotatable bonds is 9. The Morgan fingerprint density at radius 3 is 2.03 bits per heavy atom. The summed E-state index contributed by atoms with van der Waals surface area (Å²) in [6.45, 7) is 4.11. The smallest absolute Gasteiger partial charge is 0.162 e. The van der Waals surface area contributed by atoms with E-state index >= 15 is 0 Å². The molecule has 170 valence electrons. The molecule has 4 heteroatoms. The molecule has 2 aromatic carbocycles. The first-order chi connectivity index (χ1) is 14.9. The summed E-state index contributed by atoms with van der Waals surface area (Å²) in [5.74, 6) is -2.59. The summed E-state index contributed by atoms with van der Waals surface area (Å²) < 4.78 is 57.1. The Balaban J connectivity index is 1.75. The van der Waals surface area contributed by atoms with E-state index in [1.165, 1.54) is 31.7 Å². The molecule has 0 aromatic heterocycles. The van der Waals surface area contributed by atoms with Crippen molar-refractivity contribution in [2.45, 2.75) is 90.4 Å². The second kappa shape index (κ2) is 11.2. The van der Waals surface area contributed by atoms with Gasteiger partial charge in [0.15, 0.2) is 23.3 Å². The number of aryl methyl sites for hydroxylation is 1. The summed E-state index contributed by atoms with van der Waals surface area (Å²) in [6.07, 6.45) is 10.2. The van der Waals surface area contributed by atoms with Crippen molar-refractivity contribution >= 4 is 0 Å². The van der Waals surface area contributed by atoms with E-state index in [1.54, 1.807) is 12.1 Å². The molecule has 0 radical (unpaired) electrons. The second-order valence-electron chi connectivity index (χ2n) is 9.17. The molecule has 1 saturated carbocycles. The van der Waals surface area contributed by atoms with Crippen LogP contribution in [-0.4, -0.2) is 0 Å². The lowest BCUT2D eigenvalue weighted by atomic mass is 9.76. The Morgan fingerprint density at radius 2 is 1.39 bits per heavy atom. The van der Waals surface area contributed by atoms with Gasteiger partial charge in [-0.05, 0) is 84.7 Å². The highest BCUT2D eigenvalue weighted by molar-refractivity contribution is 5.35. The molecule has 31 heavy (non-hydrogen) atoms. The van der Waals surface area contributed by atoms with Crippen molar-refractivity contribution in [3.63, 3.8) is 0 Å². The normalized spacial score (nSPS) is 19.0. The zero-order chi connectivity index (χ0) is 22.4. The SMILES string of the molecule is CCCCCC1CCC(c2cc(Cc3cc(F)c(F)c(CCC)c3)cc(F)c2F)CC1. The van der Waals surface area contributed by atoms with Crippen LogP contribution in [0.25, 0.3) is 0 Å². The van der Waals surface area contributed by atoms with Crippen molar-refractivity contribution in [2.75, 3.05) is 0 Å². The third-order valence-corrected chi connectivity index (χ3v) is 6.71. The van der Waals surface area contributed by atoms with Crippen molar-refractivity contribution in [1.29, 1.82) is 0 Å². The zero-order valence-corrected chi connectivity index (χ0v) is 18.8. The third kappa shape index (κ3) is 6.11. The molecule has 0 heterocycles. The monoisotopic (exact) mass is 434 g/mol. The molecule has 0 amide bonds. The summed E-state index contributed by atoms with van der Waals surface area (Å²) in [5.41, 5.74) is 1.96. The van der Waals surface area contributed by atoms with Crippen LogP contribution in [0.15, 0.2) is 24.3 Å². The highest BCUT2D eigenvalue weighted by Crippen LogP contribution is 2.39.